The minimum absolute atomic E-state index is 0.0795. The summed E-state index contributed by atoms with van der Waals surface area (Å²) >= 11 is 0. The second-order valence-corrected chi connectivity index (χ2v) is 6.60. The first-order chi connectivity index (χ1) is 13.1. The van der Waals surface area contributed by atoms with E-state index in [1.807, 2.05) is 30.3 Å². The zero-order valence-corrected chi connectivity index (χ0v) is 15.2. The van der Waals surface area contributed by atoms with Gasteiger partial charge in [-0.1, -0.05) is 30.3 Å². The second kappa shape index (κ2) is 8.68. The predicted octanol–water partition coefficient (Wildman–Crippen LogP) is 2.97. The summed E-state index contributed by atoms with van der Waals surface area (Å²) in [7, 11) is 1.58. The number of likely N-dealkylation sites (tertiary alicyclic amines) is 1. The number of hydrogen-bond acceptors (Lipinski definition) is 4. The molecule has 142 valence electrons. The van der Waals surface area contributed by atoms with Crippen molar-refractivity contribution in [1.82, 2.24) is 4.90 Å². The van der Waals surface area contributed by atoms with Crippen molar-refractivity contribution < 1.29 is 24.2 Å². The van der Waals surface area contributed by atoms with Gasteiger partial charge in [0.05, 0.1) is 12.5 Å². The fourth-order valence-electron chi connectivity index (χ4n) is 3.29. The molecule has 2 unspecified atom stereocenters. The predicted molar refractivity (Wildman–Crippen MR) is 99.7 cm³/mol. The van der Waals surface area contributed by atoms with E-state index >= 15 is 0 Å². The first-order valence-electron chi connectivity index (χ1n) is 8.89. The summed E-state index contributed by atoms with van der Waals surface area (Å²) < 4.78 is 11.1. The maximum absolute atomic E-state index is 12.8. The van der Waals surface area contributed by atoms with Crippen molar-refractivity contribution in [3.63, 3.8) is 0 Å². The number of nitrogens with zero attached hydrogens (tertiary/aromatic N) is 1. The highest BCUT2D eigenvalue weighted by Crippen LogP contribution is 2.25. The van der Waals surface area contributed by atoms with Crippen LogP contribution >= 0.6 is 0 Å². The molecule has 2 aromatic rings. The molecule has 1 fully saturated rings. The summed E-state index contributed by atoms with van der Waals surface area (Å²) in [4.78, 5) is 25.5. The van der Waals surface area contributed by atoms with Crippen LogP contribution in [0.4, 0.5) is 0 Å². The molecule has 3 rings (SSSR count). The monoisotopic (exact) mass is 369 g/mol. The molecule has 1 amide bonds. The Bertz CT molecular complexity index is 775. The summed E-state index contributed by atoms with van der Waals surface area (Å²) in [6.45, 7) is 0.857. The van der Waals surface area contributed by atoms with Gasteiger partial charge in [-0.3, -0.25) is 9.59 Å². The molecule has 27 heavy (non-hydrogen) atoms. The van der Waals surface area contributed by atoms with E-state index in [0.717, 1.165) is 5.56 Å². The number of carboxylic acids is 1. The van der Waals surface area contributed by atoms with Crippen molar-refractivity contribution in [2.75, 3.05) is 13.7 Å². The highest BCUT2D eigenvalue weighted by molar-refractivity contribution is 5.95. The third-order valence-electron chi connectivity index (χ3n) is 4.73. The topological polar surface area (TPSA) is 76.1 Å². The summed E-state index contributed by atoms with van der Waals surface area (Å²) in [6, 6.07) is 16.4. The van der Waals surface area contributed by atoms with Crippen LogP contribution in [0.3, 0.4) is 0 Å². The average molecular weight is 369 g/mol. The third kappa shape index (κ3) is 4.86. The molecule has 0 spiro atoms. The Hall–Kier alpha value is -2.86. The maximum Gasteiger partial charge on any atom is 0.305 e. The van der Waals surface area contributed by atoms with Gasteiger partial charge in [0.15, 0.2) is 0 Å². The Morgan fingerprint density at radius 2 is 1.81 bits per heavy atom. The molecule has 6 heteroatoms. The van der Waals surface area contributed by atoms with Gasteiger partial charge in [-0.2, -0.15) is 0 Å². The molecule has 0 bridgehead atoms. The van der Waals surface area contributed by atoms with Crippen LogP contribution < -0.4 is 4.74 Å². The lowest BCUT2D eigenvalue weighted by Gasteiger charge is -2.23. The minimum atomic E-state index is -0.917. The number of rotatable bonds is 7. The Kier molecular flexibility index (Phi) is 6.08. The SMILES string of the molecule is COC1CC(CC(=O)O)N(C(=O)c2ccc(OCc3ccccc3)cc2)C1. The molecule has 1 heterocycles. The van der Waals surface area contributed by atoms with Gasteiger partial charge in [-0.05, 0) is 36.2 Å². The molecule has 0 radical (unpaired) electrons. The van der Waals surface area contributed by atoms with Crippen molar-refractivity contribution in [3.8, 4) is 5.75 Å². The Balaban J connectivity index is 1.64. The van der Waals surface area contributed by atoms with E-state index in [4.69, 9.17) is 14.6 Å². The number of ether oxygens (including phenoxy) is 2. The summed E-state index contributed by atoms with van der Waals surface area (Å²) in [6.07, 6.45) is 0.322. The lowest BCUT2D eigenvalue weighted by molar-refractivity contribution is -0.137. The van der Waals surface area contributed by atoms with Crippen LogP contribution in [0.1, 0.15) is 28.8 Å². The van der Waals surface area contributed by atoms with E-state index in [1.54, 1.807) is 36.3 Å². The van der Waals surface area contributed by atoms with Crippen molar-refractivity contribution in [1.29, 1.82) is 0 Å². The highest BCUT2D eigenvalue weighted by Gasteiger charge is 2.36. The van der Waals surface area contributed by atoms with Gasteiger partial charge in [0.2, 0.25) is 0 Å². The number of carbonyl (C=O) groups is 2. The lowest BCUT2D eigenvalue weighted by Crippen LogP contribution is -2.37. The van der Waals surface area contributed by atoms with Gasteiger partial charge < -0.3 is 19.5 Å². The molecule has 1 saturated heterocycles. The molecule has 2 atom stereocenters. The van der Waals surface area contributed by atoms with Crippen LogP contribution in [-0.2, 0) is 16.1 Å². The number of methoxy groups -OCH3 is 1. The molecule has 2 aromatic carbocycles. The number of carbonyl (C=O) groups excluding carboxylic acids is 1. The maximum atomic E-state index is 12.8. The van der Waals surface area contributed by atoms with Gasteiger partial charge in [0.25, 0.3) is 5.91 Å². The van der Waals surface area contributed by atoms with Crippen molar-refractivity contribution in [2.45, 2.75) is 31.6 Å². The quantitative estimate of drug-likeness (QED) is 0.812. The molecular weight excluding hydrogens is 346 g/mol. The molecule has 1 aliphatic heterocycles. The molecule has 6 nitrogen and oxygen atoms in total. The van der Waals surface area contributed by atoms with Crippen LogP contribution in [0.15, 0.2) is 54.6 Å². The smallest absolute Gasteiger partial charge is 0.305 e. The number of amides is 1. The van der Waals surface area contributed by atoms with E-state index in [2.05, 4.69) is 0 Å². The number of carboxylic acid groups (broad SMARTS) is 1. The summed E-state index contributed by atoms with van der Waals surface area (Å²) in [5.74, 6) is -0.427. The molecule has 0 saturated carbocycles. The van der Waals surface area contributed by atoms with Crippen molar-refractivity contribution in [2.24, 2.45) is 0 Å². The number of aliphatic carboxylic acids is 1. The van der Waals surface area contributed by atoms with E-state index in [-0.39, 0.29) is 24.5 Å². The van der Waals surface area contributed by atoms with Crippen molar-refractivity contribution >= 4 is 11.9 Å². The van der Waals surface area contributed by atoms with Gasteiger partial charge >= 0.3 is 5.97 Å². The van der Waals surface area contributed by atoms with E-state index in [9.17, 15) is 9.59 Å². The molecule has 0 aliphatic carbocycles. The third-order valence-corrected chi connectivity index (χ3v) is 4.73. The fraction of sp³-hybridized carbons (Fsp3) is 0.333. The standard InChI is InChI=1S/C21H23NO5/c1-26-19-11-17(12-20(23)24)22(13-19)21(25)16-7-9-18(10-8-16)27-14-15-5-3-2-4-6-15/h2-10,17,19H,11-14H2,1H3,(H,23,24). The Morgan fingerprint density at radius 1 is 1.11 bits per heavy atom. The van der Waals surface area contributed by atoms with Crippen LogP contribution in [0.25, 0.3) is 0 Å². The summed E-state index contributed by atoms with van der Waals surface area (Å²) in [5.41, 5.74) is 1.58. The first kappa shape index (κ1) is 18.9. The fourth-order valence-corrected chi connectivity index (χ4v) is 3.29. The van der Waals surface area contributed by atoms with E-state index in [0.29, 0.717) is 30.9 Å². The Labute approximate surface area is 158 Å². The van der Waals surface area contributed by atoms with E-state index in [1.165, 1.54) is 0 Å². The normalized spacial score (nSPS) is 19.1. The molecule has 1 N–H and O–H groups in total. The number of hydrogen-bond donors (Lipinski definition) is 1. The van der Waals surface area contributed by atoms with E-state index < -0.39 is 5.97 Å². The van der Waals surface area contributed by atoms with Crippen LogP contribution in [0, 0.1) is 0 Å². The first-order valence-corrected chi connectivity index (χ1v) is 8.89. The van der Waals surface area contributed by atoms with Crippen LogP contribution in [-0.4, -0.2) is 47.7 Å². The second-order valence-electron chi connectivity index (χ2n) is 6.60. The average Bonchev–Trinajstić information content (AvgIpc) is 3.09. The summed E-state index contributed by atoms with van der Waals surface area (Å²) in [5, 5.41) is 9.10. The van der Waals surface area contributed by atoms with Gasteiger partial charge in [-0.15, -0.1) is 0 Å². The van der Waals surface area contributed by atoms with Crippen LogP contribution in [0.5, 0.6) is 5.75 Å². The highest BCUT2D eigenvalue weighted by atomic mass is 16.5. The molecule has 0 aromatic heterocycles. The zero-order chi connectivity index (χ0) is 19.2. The van der Waals surface area contributed by atoms with Gasteiger partial charge in [0, 0.05) is 25.3 Å². The van der Waals surface area contributed by atoms with Crippen LogP contribution in [0.2, 0.25) is 0 Å². The van der Waals surface area contributed by atoms with Gasteiger partial charge in [0.1, 0.15) is 12.4 Å². The number of benzene rings is 2. The minimum Gasteiger partial charge on any atom is -0.489 e. The Morgan fingerprint density at radius 3 is 2.44 bits per heavy atom. The van der Waals surface area contributed by atoms with Gasteiger partial charge in [-0.25, -0.2) is 0 Å². The van der Waals surface area contributed by atoms with Crippen molar-refractivity contribution in [3.05, 3.63) is 65.7 Å². The largest absolute Gasteiger partial charge is 0.489 e. The zero-order valence-electron chi connectivity index (χ0n) is 15.2. The molecular formula is C21H23NO5. The lowest BCUT2D eigenvalue weighted by atomic mass is 10.1. The molecule has 1 aliphatic rings.